The molecule has 3 rings (SSSR count). The van der Waals surface area contributed by atoms with Crippen LogP contribution in [0.25, 0.3) is 0 Å². The van der Waals surface area contributed by atoms with E-state index in [1.807, 2.05) is 25.1 Å². The first-order chi connectivity index (χ1) is 15.5. The predicted octanol–water partition coefficient (Wildman–Crippen LogP) is 5.96. The number of thioether (sulfide) groups is 1. The van der Waals surface area contributed by atoms with Crippen LogP contribution in [0.2, 0.25) is 0 Å². The van der Waals surface area contributed by atoms with Crippen molar-refractivity contribution in [3.8, 4) is 5.75 Å². The molecular weight excluding hydrogens is 492 g/mol. The number of carbonyl (C=O) groups is 1. The number of esters is 1. The number of rotatable bonds is 11. The second-order valence-corrected chi connectivity index (χ2v) is 9.51. The molecule has 1 unspecified atom stereocenters. The molecule has 32 heavy (non-hydrogen) atoms. The first-order valence-corrected chi connectivity index (χ1v) is 12.9. The van der Waals surface area contributed by atoms with E-state index in [-0.39, 0.29) is 5.97 Å². The summed E-state index contributed by atoms with van der Waals surface area (Å²) < 4.78 is 14.2. The number of nitrogens with zero attached hydrogens (tertiary/aromatic N) is 3. The average Bonchev–Trinajstić information content (AvgIpc) is 3.16. The van der Waals surface area contributed by atoms with Crippen molar-refractivity contribution in [1.29, 1.82) is 0 Å². The van der Waals surface area contributed by atoms with Gasteiger partial charge < -0.3 is 14.8 Å². The van der Waals surface area contributed by atoms with Crippen LogP contribution in [0.5, 0.6) is 5.75 Å². The lowest BCUT2D eigenvalue weighted by molar-refractivity contribution is -0.139. The number of nitrogens with one attached hydrogen (secondary N) is 1. The van der Waals surface area contributed by atoms with E-state index in [9.17, 15) is 4.79 Å². The molecule has 0 fully saturated rings. The summed E-state index contributed by atoms with van der Waals surface area (Å²) in [5, 5.41) is 8.70. The van der Waals surface area contributed by atoms with Gasteiger partial charge in [-0.2, -0.15) is 4.98 Å². The maximum atomic E-state index is 13.0. The molecule has 174 valence electrons. The van der Waals surface area contributed by atoms with Crippen LogP contribution in [0.4, 0.5) is 5.95 Å². The largest absolute Gasteiger partial charge is 0.493 e. The second-order valence-electron chi connectivity index (χ2n) is 7.54. The maximum absolute atomic E-state index is 13.0. The van der Waals surface area contributed by atoms with Crippen LogP contribution >= 0.6 is 27.7 Å². The molecule has 1 N–H and O–H groups in total. The van der Waals surface area contributed by atoms with Crippen molar-refractivity contribution in [2.75, 3.05) is 24.3 Å². The number of unbranched alkanes of at least 4 members (excludes halogenated alkanes) is 2. The highest BCUT2D eigenvalue weighted by atomic mass is 79.9. The van der Waals surface area contributed by atoms with Crippen LogP contribution in [0.15, 0.2) is 39.1 Å². The summed E-state index contributed by atoms with van der Waals surface area (Å²) in [4.78, 5) is 17.7. The van der Waals surface area contributed by atoms with E-state index in [0.717, 1.165) is 47.2 Å². The number of hydrogen-bond acceptors (Lipinski definition) is 7. The molecule has 1 aliphatic heterocycles. The van der Waals surface area contributed by atoms with Crippen molar-refractivity contribution in [1.82, 2.24) is 14.8 Å². The number of fused-ring (bicyclic) bond motifs is 1. The Bertz CT molecular complexity index is 976. The molecule has 0 saturated carbocycles. The molecule has 7 nitrogen and oxygen atoms in total. The lowest BCUT2D eigenvalue weighted by atomic mass is 9.95. The molecule has 9 heteroatoms. The van der Waals surface area contributed by atoms with E-state index < -0.39 is 6.04 Å². The summed E-state index contributed by atoms with van der Waals surface area (Å²) in [6.07, 6.45) is 4.20. The molecule has 1 aromatic carbocycles. The zero-order valence-electron chi connectivity index (χ0n) is 19.1. The van der Waals surface area contributed by atoms with Gasteiger partial charge in [0.25, 0.3) is 0 Å². The quantitative estimate of drug-likeness (QED) is 0.221. The number of halogens is 1. The summed E-state index contributed by atoms with van der Waals surface area (Å²) in [5.74, 6) is 1.91. The number of anilines is 1. The third-order valence-electron chi connectivity index (χ3n) is 5.08. The van der Waals surface area contributed by atoms with Gasteiger partial charge >= 0.3 is 5.97 Å². The predicted molar refractivity (Wildman–Crippen MR) is 131 cm³/mol. The monoisotopic (exact) mass is 522 g/mol. The Morgan fingerprint density at radius 2 is 2.03 bits per heavy atom. The molecule has 2 heterocycles. The number of hydrogen-bond donors (Lipinski definition) is 1. The highest BCUT2D eigenvalue weighted by molar-refractivity contribution is 9.10. The van der Waals surface area contributed by atoms with Gasteiger partial charge in [0.2, 0.25) is 11.1 Å². The Labute approximate surface area is 202 Å². The number of ether oxygens (including phenoxy) is 2. The number of allylic oxidation sites excluding steroid dienone is 1. The fourth-order valence-corrected chi connectivity index (χ4v) is 4.74. The maximum Gasteiger partial charge on any atom is 0.338 e. The zero-order valence-corrected chi connectivity index (χ0v) is 21.5. The van der Waals surface area contributed by atoms with E-state index in [1.165, 1.54) is 0 Å². The molecule has 0 radical (unpaired) electrons. The fraction of sp³-hybridized carbons (Fsp3) is 0.522. The molecule has 1 aromatic heterocycles. The third kappa shape index (κ3) is 5.67. The highest BCUT2D eigenvalue weighted by Gasteiger charge is 2.37. The summed E-state index contributed by atoms with van der Waals surface area (Å²) in [7, 11) is 0. The van der Waals surface area contributed by atoms with Gasteiger partial charge in [0.1, 0.15) is 11.8 Å². The van der Waals surface area contributed by atoms with Crippen LogP contribution in [0.3, 0.4) is 0 Å². The Morgan fingerprint density at radius 1 is 1.25 bits per heavy atom. The summed E-state index contributed by atoms with van der Waals surface area (Å²) >= 11 is 5.20. The van der Waals surface area contributed by atoms with Gasteiger partial charge in [0.15, 0.2) is 0 Å². The molecule has 0 saturated heterocycles. The van der Waals surface area contributed by atoms with Crippen molar-refractivity contribution >= 4 is 39.6 Å². The van der Waals surface area contributed by atoms with Crippen LogP contribution in [0.1, 0.15) is 65.0 Å². The van der Waals surface area contributed by atoms with Crippen molar-refractivity contribution < 1.29 is 14.3 Å². The molecule has 0 aliphatic carbocycles. The average molecular weight is 523 g/mol. The summed E-state index contributed by atoms with van der Waals surface area (Å²) in [6.45, 7) is 8.87. The second kappa shape index (κ2) is 11.7. The first-order valence-electron chi connectivity index (χ1n) is 11.2. The van der Waals surface area contributed by atoms with Crippen LogP contribution in [-0.4, -0.2) is 39.7 Å². The van der Waals surface area contributed by atoms with Gasteiger partial charge in [-0.15, -0.1) is 5.10 Å². The number of carbonyl (C=O) groups excluding carboxylic acids is 1. The molecule has 0 amide bonds. The van der Waals surface area contributed by atoms with E-state index in [0.29, 0.717) is 35.6 Å². The summed E-state index contributed by atoms with van der Waals surface area (Å²) in [6, 6.07) is 5.36. The Hall–Kier alpha value is -2.00. The fourth-order valence-electron chi connectivity index (χ4n) is 3.45. The van der Waals surface area contributed by atoms with Crippen LogP contribution in [0, 0.1) is 0 Å². The Morgan fingerprint density at radius 3 is 2.75 bits per heavy atom. The standard InChI is InChI=1S/C23H31BrN4O3S/c1-5-8-12-31-18-11-10-16(24)14-17(18)20-19(21(29)30-7-3)15(4)25-22-26-23(27-28(20)22)32-13-9-6-2/h10-11,14,20H,5-9,12-13H2,1-4H3,(H,25,26,27). The van der Waals surface area contributed by atoms with E-state index >= 15 is 0 Å². The zero-order chi connectivity index (χ0) is 23.1. The minimum absolute atomic E-state index is 0.295. The van der Waals surface area contributed by atoms with Gasteiger partial charge in [-0.1, -0.05) is 54.4 Å². The van der Waals surface area contributed by atoms with Crippen molar-refractivity contribution in [2.45, 2.75) is 64.6 Å². The lowest BCUT2D eigenvalue weighted by Crippen LogP contribution is -2.30. The Balaban J connectivity index is 2.09. The van der Waals surface area contributed by atoms with Gasteiger partial charge in [0.05, 0.1) is 18.8 Å². The number of aromatic nitrogens is 3. The highest BCUT2D eigenvalue weighted by Crippen LogP contribution is 2.41. The van der Waals surface area contributed by atoms with Crippen molar-refractivity contribution in [2.24, 2.45) is 0 Å². The number of benzene rings is 1. The van der Waals surface area contributed by atoms with Crippen molar-refractivity contribution in [3.05, 3.63) is 39.5 Å². The van der Waals surface area contributed by atoms with E-state index in [4.69, 9.17) is 14.6 Å². The van der Waals surface area contributed by atoms with E-state index in [2.05, 4.69) is 40.1 Å². The van der Waals surface area contributed by atoms with Gasteiger partial charge in [-0.25, -0.2) is 9.48 Å². The molecule has 2 aromatic rings. The SMILES string of the molecule is CCCCOc1ccc(Br)cc1C1C(C(=O)OCC)=C(C)Nc2nc(SCCCC)nn21. The van der Waals surface area contributed by atoms with E-state index in [1.54, 1.807) is 23.4 Å². The normalized spacial score (nSPS) is 15.3. The minimum atomic E-state index is -0.507. The molecule has 1 atom stereocenters. The Kier molecular flexibility index (Phi) is 9.04. The topological polar surface area (TPSA) is 78.3 Å². The van der Waals surface area contributed by atoms with Gasteiger partial charge in [0, 0.05) is 21.5 Å². The first kappa shape index (κ1) is 24.6. The molecule has 1 aliphatic rings. The lowest BCUT2D eigenvalue weighted by Gasteiger charge is -2.29. The molecule has 0 bridgehead atoms. The van der Waals surface area contributed by atoms with Crippen LogP contribution in [-0.2, 0) is 9.53 Å². The van der Waals surface area contributed by atoms with Crippen LogP contribution < -0.4 is 10.1 Å². The molecular formula is C23H31BrN4O3S. The van der Waals surface area contributed by atoms with Gasteiger partial charge in [-0.05, 0) is 44.9 Å². The minimum Gasteiger partial charge on any atom is -0.493 e. The smallest absolute Gasteiger partial charge is 0.338 e. The molecule has 0 spiro atoms. The van der Waals surface area contributed by atoms with Gasteiger partial charge in [-0.3, -0.25) is 0 Å². The summed E-state index contributed by atoms with van der Waals surface area (Å²) in [5.41, 5.74) is 2.06. The third-order valence-corrected chi connectivity index (χ3v) is 6.50. The van der Waals surface area contributed by atoms with Crippen molar-refractivity contribution in [3.63, 3.8) is 0 Å².